The zero-order chi connectivity index (χ0) is 14.7. The second kappa shape index (κ2) is 6.15. The maximum Gasteiger partial charge on any atom is 0.201 e. The molecule has 1 aromatic heterocycles. The summed E-state index contributed by atoms with van der Waals surface area (Å²) in [6, 6.07) is 4.07. The van der Waals surface area contributed by atoms with Crippen molar-refractivity contribution >= 4 is 11.3 Å². The predicted molar refractivity (Wildman–Crippen MR) is 75.2 cm³/mol. The summed E-state index contributed by atoms with van der Waals surface area (Å²) in [6.07, 6.45) is 0.368. The lowest BCUT2D eigenvalue weighted by Crippen LogP contribution is -2.07. The predicted octanol–water partition coefficient (Wildman–Crippen LogP) is 3.98. The van der Waals surface area contributed by atoms with E-state index in [9.17, 15) is 13.9 Å². The number of aliphatic hydroxyl groups excluding tert-OH is 1. The van der Waals surface area contributed by atoms with Crippen LogP contribution in [0.5, 0.6) is 5.75 Å². The largest absolute Gasteiger partial charge is 0.486 e. The van der Waals surface area contributed by atoms with Crippen LogP contribution in [0.4, 0.5) is 8.78 Å². The Hall–Kier alpha value is -1.72. The Morgan fingerprint density at radius 1 is 1.35 bits per heavy atom. The second-order valence-electron chi connectivity index (χ2n) is 4.21. The Morgan fingerprint density at radius 2 is 2.10 bits per heavy atom. The number of benzene rings is 1. The Bertz CT molecular complexity index is 622. The number of aliphatic hydroxyl groups is 1. The van der Waals surface area contributed by atoms with Crippen molar-refractivity contribution in [2.45, 2.75) is 13.0 Å². The highest BCUT2D eigenvalue weighted by Gasteiger charge is 2.23. The lowest BCUT2D eigenvalue weighted by molar-refractivity contribution is 0.210. The molecule has 0 aliphatic rings. The molecule has 2 rings (SSSR count). The van der Waals surface area contributed by atoms with Crippen molar-refractivity contribution in [2.24, 2.45) is 0 Å². The van der Waals surface area contributed by atoms with Crippen LogP contribution in [0.25, 0.3) is 0 Å². The molecule has 1 aromatic carbocycles. The normalized spacial score (nSPS) is 12.2. The van der Waals surface area contributed by atoms with Crippen molar-refractivity contribution in [1.29, 1.82) is 0 Å². The topological polar surface area (TPSA) is 29.5 Å². The average Bonchev–Trinajstić information content (AvgIpc) is 2.86. The SMILES string of the molecule is C=CCOc1c(C(O)c2ccsc2C)ccc(F)c1F. The Kier molecular flexibility index (Phi) is 4.52. The van der Waals surface area contributed by atoms with Gasteiger partial charge in [0.05, 0.1) is 0 Å². The highest BCUT2D eigenvalue weighted by molar-refractivity contribution is 7.10. The van der Waals surface area contributed by atoms with Gasteiger partial charge in [0.2, 0.25) is 5.82 Å². The van der Waals surface area contributed by atoms with E-state index in [2.05, 4.69) is 6.58 Å². The monoisotopic (exact) mass is 296 g/mol. The number of rotatable bonds is 5. The Morgan fingerprint density at radius 3 is 2.70 bits per heavy atom. The first-order valence-corrected chi connectivity index (χ1v) is 6.87. The molecule has 0 amide bonds. The maximum atomic E-state index is 13.8. The van der Waals surface area contributed by atoms with Gasteiger partial charge in [-0.2, -0.15) is 4.39 Å². The number of aryl methyl sites for hydroxylation is 1. The van der Waals surface area contributed by atoms with Crippen molar-refractivity contribution in [2.75, 3.05) is 6.61 Å². The van der Waals surface area contributed by atoms with Crippen LogP contribution in [-0.2, 0) is 0 Å². The fraction of sp³-hybridized carbons (Fsp3) is 0.200. The summed E-state index contributed by atoms with van der Waals surface area (Å²) in [5, 5.41) is 12.2. The summed E-state index contributed by atoms with van der Waals surface area (Å²) in [6.45, 7) is 5.35. The number of hydrogen-bond acceptors (Lipinski definition) is 3. The number of ether oxygens (including phenoxy) is 1. The molecule has 2 nitrogen and oxygen atoms in total. The smallest absolute Gasteiger partial charge is 0.201 e. The maximum absolute atomic E-state index is 13.8. The summed E-state index contributed by atoms with van der Waals surface area (Å²) in [5.74, 6) is -2.39. The fourth-order valence-corrected chi connectivity index (χ4v) is 2.63. The van der Waals surface area contributed by atoms with E-state index < -0.39 is 17.7 Å². The van der Waals surface area contributed by atoms with Crippen LogP contribution in [-0.4, -0.2) is 11.7 Å². The van der Waals surface area contributed by atoms with E-state index in [0.717, 1.165) is 10.9 Å². The zero-order valence-corrected chi connectivity index (χ0v) is 11.7. The average molecular weight is 296 g/mol. The molecule has 5 heteroatoms. The molecule has 2 aromatic rings. The molecule has 0 aliphatic heterocycles. The van der Waals surface area contributed by atoms with E-state index >= 15 is 0 Å². The first-order chi connectivity index (χ1) is 9.56. The number of thiophene rings is 1. The zero-order valence-electron chi connectivity index (χ0n) is 10.9. The van der Waals surface area contributed by atoms with Gasteiger partial charge in [0.1, 0.15) is 12.7 Å². The molecule has 1 N–H and O–H groups in total. The van der Waals surface area contributed by atoms with Gasteiger partial charge in [-0.15, -0.1) is 11.3 Å². The van der Waals surface area contributed by atoms with Gasteiger partial charge in [-0.3, -0.25) is 0 Å². The third kappa shape index (κ3) is 2.73. The third-order valence-corrected chi connectivity index (χ3v) is 3.78. The molecule has 0 spiro atoms. The van der Waals surface area contributed by atoms with Gasteiger partial charge in [-0.05, 0) is 36.1 Å². The highest BCUT2D eigenvalue weighted by Crippen LogP contribution is 2.35. The van der Waals surface area contributed by atoms with Crippen LogP contribution in [0.1, 0.15) is 22.1 Å². The minimum Gasteiger partial charge on any atom is -0.486 e. The summed E-state index contributed by atoms with van der Waals surface area (Å²) < 4.78 is 32.3. The first-order valence-electron chi connectivity index (χ1n) is 6.00. The van der Waals surface area contributed by atoms with Gasteiger partial charge < -0.3 is 9.84 Å². The van der Waals surface area contributed by atoms with Gasteiger partial charge in [0, 0.05) is 10.4 Å². The molecule has 1 unspecified atom stereocenters. The van der Waals surface area contributed by atoms with Crippen molar-refractivity contribution in [1.82, 2.24) is 0 Å². The summed E-state index contributed by atoms with van der Waals surface area (Å²) >= 11 is 1.47. The molecule has 106 valence electrons. The van der Waals surface area contributed by atoms with E-state index in [1.807, 2.05) is 12.3 Å². The minimum absolute atomic E-state index is 0.0305. The third-order valence-electron chi connectivity index (χ3n) is 2.91. The molecular weight excluding hydrogens is 282 g/mol. The molecule has 1 atom stereocenters. The van der Waals surface area contributed by atoms with E-state index in [-0.39, 0.29) is 17.9 Å². The van der Waals surface area contributed by atoms with Crippen molar-refractivity contribution in [3.63, 3.8) is 0 Å². The standard InChI is InChI=1S/C15H14F2O2S/c1-3-7-19-15-11(4-5-12(16)13(15)17)14(18)10-6-8-20-9(10)2/h3-6,8,14,18H,1,7H2,2H3. The van der Waals surface area contributed by atoms with E-state index in [0.29, 0.717) is 5.56 Å². The van der Waals surface area contributed by atoms with Gasteiger partial charge >= 0.3 is 0 Å². The molecule has 0 saturated carbocycles. The van der Waals surface area contributed by atoms with Crippen LogP contribution >= 0.6 is 11.3 Å². The fourth-order valence-electron chi connectivity index (χ4n) is 1.90. The van der Waals surface area contributed by atoms with Crippen LogP contribution in [0.2, 0.25) is 0 Å². The van der Waals surface area contributed by atoms with Crippen LogP contribution in [0, 0.1) is 18.6 Å². The van der Waals surface area contributed by atoms with Crippen molar-refractivity contribution < 1.29 is 18.6 Å². The molecule has 20 heavy (non-hydrogen) atoms. The lowest BCUT2D eigenvalue weighted by atomic mass is 10.0. The second-order valence-corrected chi connectivity index (χ2v) is 5.33. The minimum atomic E-state index is -1.10. The van der Waals surface area contributed by atoms with Crippen molar-refractivity contribution in [3.05, 3.63) is 63.9 Å². The molecular formula is C15H14F2O2S. The Balaban J connectivity index is 2.47. The quantitative estimate of drug-likeness (QED) is 0.846. The van der Waals surface area contributed by atoms with Gasteiger partial charge in [0.15, 0.2) is 11.6 Å². The van der Waals surface area contributed by atoms with Gasteiger partial charge in [-0.25, -0.2) is 4.39 Å². The van der Waals surface area contributed by atoms with E-state index in [1.54, 1.807) is 6.07 Å². The lowest BCUT2D eigenvalue weighted by Gasteiger charge is -2.16. The highest BCUT2D eigenvalue weighted by atomic mass is 32.1. The molecule has 0 bridgehead atoms. The van der Waals surface area contributed by atoms with Crippen LogP contribution < -0.4 is 4.74 Å². The van der Waals surface area contributed by atoms with E-state index in [1.165, 1.54) is 23.5 Å². The molecule has 0 fully saturated rings. The summed E-state index contributed by atoms with van der Waals surface area (Å²) in [4.78, 5) is 0.914. The first kappa shape index (κ1) is 14.7. The number of hydrogen-bond donors (Lipinski definition) is 1. The van der Waals surface area contributed by atoms with Crippen molar-refractivity contribution in [3.8, 4) is 5.75 Å². The summed E-state index contributed by atoms with van der Waals surface area (Å²) in [7, 11) is 0. The number of halogens is 2. The summed E-state index contributed by atoms with van der Waals surface area (Å²) in [5.41, 5.74) is 0.858. The van der Waals surface area contributed by atoms with Crippen LogP contribution in [0.15, 0.2) is 36.2 Å². The van der Waals surface area contributed by atoms with Gasteiger partial charge in [-0.1, -0.05) is 12.7 Å². The molecule has 0 aliphatic carbocycles. The Labute approximate surface area is 120 Å². The molecule has 0 radical (unpaired) electrons. The van der Waals surface area contributed by atoms with E-state index in [4.69, 9.17) is 4.74 Å². The van der Waals surface area contributed by atoms with Gasteiger partial charge in [0.25, 0.3) is 0 Å². The molecule has 1 heterocycles. The molecule has 0 saturated heterocycles. The van der Waals surface area contributed by atoms with Crippen LogP contribution in [0.3, 0.4) is 0 Å².